The minimum Gasteiger partial charge on any atom is -0.355 e. The Bertz CT molecular complexity index is 824. The Labute approximate surface area is 172 Å². The van der Waals surface area contributed by atoms with Crippen molar-refractivity contribution in [3.05, 3.63) is 58.7 Å². The molecule has 0 saturated carbocycles. The summed E-state index contributed by atoms with van der Waals surface area (Å²) >= 11 is 6.02. The molecule has 1 aliphatic rings. The fourth-order valence-electron chi connectivity index (χ4n) is 3.19. The predicted molar refractivity (Wildman–Crippen MR) is 106 cm³/mol. The van der Waals surface area contributed by atoms with Crippen molar-refractivity contribution >= 4 is 23.3 Å². The van der Waals surface area contributed by atoms with E-state index in [4.69, 9.17) is 11.6 Å². The zero-order chi connectivity index (χ0) is 20.9. The molecule has 156 valence electrons. The van der Waals surface area contributed by atoms with Crippen LogP contribution in [-0.2, 0) is 17.4 Å². The van der Waals surface area contributed by atoms with Crippen LogP contribution in [0.5, 0.6) is 0 Å². The Morgan fingerprint density at radius 1 is 1.14 bits per heavy atom. The second-order valence-electron chi connectivity index (χ2n) is 6.88. The lowest BCUT2D eigenvalue weighted by Gasteiger charge is -2.35. The number of aromatic nitrogens is 1. The fourth-order valence-corrected chi connectivity index (χ4v) is 3.47. The quantitative estimate of drug-likeness (QED) is 0.770. The van der Waals surface area contributed by atoms with E-state index in [2.05, 4.69) is 10.3 Å². The molecule has 0 aliphatic carbocycles. The standard InChI is InChI=1S/C20H22ClF3N4O/c21-17-12-16(20(22,23)24)13-26-19(17)28-10-8-27(9-11-28)14-18(29)25-7-6-15-4-2-1-3-5-15/h1-5,12-13H,6-11,14H2,(H,25,29). The van der Waals surface area contributed by atoms with Gasteiger partial charge in [0.1, 0.15) is 5.82 Å². The van der Waals surface area contributed by atoms with E-state index < -0.39 is 11.7 Å². The van der Waals surface area contributed by atoms with Crippen molar-refractivity contribution < 1.29 is 18.0 Å². The number of nitrogens with one attached hydrogen (secondary N) is 1. The highest BCUT2D eigenvalue weighted by molar-refractivity contribution is 6.33. The summed E-state index contributed by atoms with van der Waals surface area (Å²) in [6.45, 7) is 3.14. The lowest BCUT2D eigenvalue weighted by molar-refractivity contribution is -0.137. The number of amides is 1. The molecule has 29 heavy (non-hydrogen) atoms. The first-order valence-corrected chi connectivity index (χ1v) is 9.71. The lowest BCUT2D eigenvalue weighted by Crippen LogP contribution is -2.50. The summed E-state index contributed by atoms with van der Waals surface area (Å²) in [5, 5.41) is 2.90. The van der Waals surface area contributed by atoms with Gasteiger partial charge in [-0.1, -0.05) is 41.9 Å². The molecule has 1 aromatic heterocycles. The molecule has 1 fully saturated rings. The van der Waals surface area contributed by atoms with Crippen LogP contribution in [0, 0.1) is 0 Å². The minimum absolute atomic E-state index is 0.0214. The van der Waals surface area contributed by atoms with Gasteiger partial charge in [-0.25, -0.2) is 4.98 Å². The van der Waals surface area contributed by atoms with Crippen LogP contribution in [-0.4, -0.2) is 55.1 Å². The smallest absolute Gasteiger partial charge is 0.355 e. The SMILES string of the molecule is O=C(CN1CCN(c2ncc(C(F)(F)F)cc2Cl)CC1)NCCc1ccccc1. The van der Waals surface area contributed by atoms with Gasteiger partial charge in [0, 0.05) is 38.9 Å². The van der Waals surface area contributed by atoms with Gasteiger partial charge in [0.15, 0.2) is 0 Å². The van der Waals surface area contributed by atoms with E-state index in [-0.39, 0.29) is 17.5 Å². The molecular weight excluding hydrogens is 405 g/mol. The van der Waals surface area contributed by atoms with E-state index in [9.17, 15) is 18.0 Å². The van der Waals surface area contributed by atoms with Gasteiger partial charge in [-0.2, -0.15) is 13.2 Å². The summed E-state index contributed by atoms with van der Waals surface area (Å²) in [6, 6.07) is 10.8. The second kappa shape index (κ2) is 9.45. The predicted octanol–water partition coefficient (Wildman–Crippen LogP) is 3.23. The highest BCUT2D eigenvalue weighted by Crippen LogP contribution is 2.33. The Hall–Kier alpha value is -2.32. The summed E-state index contributed by atoms with van der Waals surface area (Å²) in [5.41, 5.74) is 0.305. The van der Waals surface area contributed by atoms with Gasteiger partial charge in [0.25, 0.3) is 0 Å². The number of pyridine rings is 1. The van der Waals surface area contributed by atoms with E-state index >= 15 is 0 Å². The van der Waals surface area contributed by atoms with Crippen LogP contribution >= 0.6 is 11.6 Å². The molecule has 9 heteroatoms. The summed E-state index contributed by atoms with van der Waals surface area (Å²) in [4.78, 5) is 19.9. The van der Waals surface area contributed by atoms with Crippen LogP contribution in [0.1, 0.15) is 11.1 Å². The Morgan fingerprint density at radius 2 is 1.83 bits per heavy atom. The van der Waals surface area contributed by atoms with Crippen LogP contribution in [0.15, 0.2) is 42.6 Å². The number of carbonyl (C=O) groups is 1. The molecule has 0 spiro atoms. The second-order valence-corrected chi connectivity index (χ2v) is 7.28. The fraction of sp³-hybridized carbons (Fsp3) is 0.400. The first kappa shape index (κ1) is 21.4. The third-order valence-corrected chi connectivity index (χ3v) is 5.04. The largest absolute Gasteiger partial charge is 0.417 e. The third kappa shape index (κ3) is 6.08. The molecule has 1 saturated heterocycles. The van der Waals surface area contributed by atoms with Crippen molar-refractivity contribution in [3.8, 4) is 0 Å². The number of carbonyl (C=O) groups excluding carboxylic acids is 1. The molecule has 1 aliphatic heterocycles. The monoisotopic (exact) mass is 426 g/mol. The van der Waals surface area contributed by atoms with E-state index in [1.54, 1.807) is 0 Å². The number of nitrogens with zero attached hydrogens (tertiary/aromatic N) is 3. The number of alkyl halides is 3. The molecule has 1 amide bonds. The number of anilines is 1. The lowest BCUT2D eigenvalue weighted by atomic mass is 10.1. The normalized spacial score (nSPS) is 15.4. The summed E-state index contributed by atoms with van der Waals surface area (Å²) in [7, 11) is 0. The van der Waals surface area contributed by atoms with E-state index in [0.29, 0.717) is 38.5 Å². The third-order valence-electron chi connectivity index (χ3n) is 4.77. The number of hydrogen-bond acceptors (Lipinski definition) is 4. The van der Waals surface area contributed by atoms with Crippen molar-refractivity contribution in [2.75, 3.05) is 44.2 Å². The van der Waals surface area contributed by atoms with Gasteiger partial charge >= 0.3 is 6.18 Å². The van der Waals surface area contributed by atoms with Crippen LogP contribution in [0.25, 0.3) is 0 Å². The highest BCUT2D eigenvalue weighted by Gasteiger charge is 2.32. The molecule has 0 bridgehead atoms. The van der Waals surface area contributed by atoms with Gasteiger partial charge in [-0.3, -0.25) is 9.69 Å². The maximum absolute atomic E-state index is 12.7. The zero-order valence-electron chi connectivity index (χ0n) is 15.8. The van der Waals surface area contributed by atoms with Gasteiger partial charge in [-0.15, -0.1) is 0 Å². The molecule has 5 nitrogen and oxygen atoms in total. The minimum atomic E-state index is -4.47. The molecule has 2 heterocycles. The number of rotatable bonds is 6. The Kier molecular flexibility index (Phi) is 6.97. The van der Waals surface area contributed by atoms with Crippen LogP contribution in [0.3, 0.4) is 0 Å². The van der Waals surface area contributed by atoms with Crippen molar-refractivity contribution in [2.24, 2.45) is 0 Å². The summed E-state index contributed by atoms with van der Waals surface area (Å²) in [6.07, 6.45) is -2.89. The maximum Gasteiger partial charge on any atom is 0.417 e. The number of piperazine rings is 1. The van der Waals surface area contributed by atoms with Crippen molar-refractivity contribution in [1.82, 2.24) is 15.2 Å². The topological polar surface area (TPSA) is 48.5 Å². The Balaban J connectivity index is 1.44. The molecule has 2 aromatic rings. The van der Waals surface area contributed by atoms with Gasteiger partial charge < -0.3 is 10.2 Å². The molecule has 0 unspecified atom stereocenters. The zero-order valence-corrected chi connectivity index (χ0v) is 16.5. The summed E-state index contributed by atoms with van der Waals surface area (Å²) < 4.78 is 38.2. The van der Waals surface area contributed by atoms with E-state index in [1.165, 1.54) is 5.56 Å². The number of benzene rings is 1. The average molecular weight is 427 g/mol. The van der Waals surface area contributed by atoms with Crippen molar-refractivity contribution in [2.45, 2.75) is 12.6 Å². The van der Waals surface area contributed by atoms with Gasteiger partial charge in [0.05, 0.1) is 17.1 Å². The molecule has 0 radical (unpaired) electrons. The van der Waals surface area contributed by atoms with Gasteiger partial charge in [-0.05, 0) is 18.1 Å². The molecule has 0 atom stereocenters. The molecule has 3 rings (SSSR count). The highest BCUT2D eigenvalue weighted by atomic mass is 35.5. The van der Waals surface area contributed by atoms with Gasteiger partial charge in [0.2, 0.25) is 5.91 Å². The van der Waals surface area contributed by atoms with Crippen LogP contribution in [0.4, 0.5) is 19.0 Å². The van der Waals surface area contributed by atoms with Crippen LogP contribution in [0.2, 0.25) is 5.02 Å². The van der Waals surface area contributed by atoms with E-state index in [0.717, 1.165) is 18.7 Å². The summed E-state index contributed by atoms with van der Waals surface area (Å²) in [5.74, 6) is 0.298. The first-order chi connectivity index (χ1) is 13.8. The maximum atomic E-state index is 12.7. The number of halogens is 4. The number of hydrogen-bond donors (Lipinski definition) is 1. The molecular formula is C20H22ClF3N4O. The Morgan fingerprint density at radius 3 is 2.45 bits per heavy atom. The molecule has 1 aromatic carbocycles. The first-order valence-electron chi connectivity index (χ1n) is 9.33. The average Bonchev–Trinajstić information content (AvgIpc) is 2.69. The van der Waals surface area contributed by atoms with E-state index in [1.807, 2.05) is 40.1 Å². The van der Waals surface area contributed by atoms with Crippen molar-refractivity contribution in [3.63, 3.8) is 0 Å². The van der Waals surface area contributed by atoms with Crippen molar-refractivity contribution in [1.29, 1.82) is 0 Å². The van der Waals surface area contributed by atoms with Crippen LogP contribution < -0.4 is 10.2 Å². The molecule has 1 N–H and O–H groups in total.